The van der Waals surface area contributed by atoms with E-state index in [-0.39, 0.29) is 4.91 Å². The Morgan fingerprint density at radius 2 is 2.29 bits per heavy atom. The summed E-state index contributed by atoms with van der Waals surface area (Å²) in [5.74, 6) is 0.372. The molecule has 0 radical (unpaired) electrons. The number of ether oxygens (including phenoxy) is 1. The Morgan fingerprint density at radius 3 is 2.81 bits per heavy atom. The fraction of sp³-hybridized carbons (Fsp3) is 0.154. The lowest BCUT2D eigenvalue weighted by atomic mass is 10.2. The minimum Gasteiger partial charge on any atom is -0.496 e. The van der Waals surface area contributed by atoms with Gasteiger partial charge in [0.2, 0.25) is 5.16 Å². The molecule has 0 fully saturated rings. The van der Waals surface area contributed by atoms with Crippen molar-refractivity contribution < 1.29 is 14.6 Å². The minimum absolute atomic E-state index is 0.148. The molecule has 2 rings (SSSR count). The molecule has 0 spiro atoms. The van der Waals surface area contributed by atoms with Gasteiger partial charge in [0, 0.05) is 0 Å². The first-order chi connectivity index (χ1) is 9.99. The number of nitrogens with one attached hydrogen (secondary N) is 1. The number of carboxylic acid groups (broad SMARTS) is 1. The van der Waals surface area contributed by atoms with E-state index in [2.05, 4.69) is 37.8 Å². The van der Waals surface area contributed by atoms with Gasteiger partial charge in [-0.2, -0.15) is 0 Å². The van der Waals surface area contributed by atoms with Crippen LogP contribution in [0.1, 0.15) is 11.4 Å². The zero-order chi connectivity index (χ0) is 15.4. The van der Waals surface area contributed by atoms with Crippen molar-refractivity contribution in [2.24, 2.45) is 0 Å². The lowest BCUT2D eigenvalue weighted by Crippen LogP contribution is -1.97. The third-order valence-electron chi connectivity index (χ3n) is 2.46. The number of carboxylic acids is 1. The standard InChI is InChI=1S/C13H12IN3O3S/c1-7-15-13(17-16-7)21-11(12(18)19)6-8-3-4-10(20-2)9(14)5-8/h3-6H,1-2H3,(H,18,19)(H,15,16,17)/b11-6-. The highest BCUT2D eigenvalue weighted by atomic mass is 127. The normalized spacial score (nSPS) is 11.5. The summed E-state index contributed by atoms with van der Waals surface area (Å²) in [5.41, 5.74) is 0.775. The maximum atomic E-state index is 11.3. The first-order valence-electron chi connectivity index (χ1n) is 5.85. The van der Waals surface area contributed by atoms with Crippen molar-refractivity contribution in [2.45, 2.75) is 12.1 Å². The van der Waals surface area contributed by atoms with Gasteiger partial charge in [0.25, 0.3) is 0 Å². The summed E-state index contributed by atoms with van der Waals surface area (Å²) in [7, 11) is 1.59. The van der Waals surface area contributed by atoms with E-state index in [1.807, 2.05) is 6.07 Å². The molecule has 0 atom stereocenters. The molecule has 0 amide bonds. The lowest BCUT2D eigenvalue weighted by molar-refractivity contribution is -0.131. The van der Waals surface area contributed by atoms with Crippen LogP contribution in [0.4, 0.5) is 0 Å². The molecule has 1 aromatic carbocycles. The van der Waals surface area contributed by atoms with Crippen molar-refractivity contribution in [3.8, 4) is 5.75 Å². The van der Waals surface area contributed by atoms with E-state index in [0.717, 1.165) is 26.6 Å². The second kappa shape index (κ2) is 6.94. The van der Waals surface area contributed by atoms with Crippen molar-refractivity contribution in [1.82, 2.24) is 15.2 Å². The lowest BCUT2D eigenvalue weighted by Gasteiger charge is -2.04. The summed E-state index contributed by atoms with van der Waals surface area (Å²) in [4.78, 5) is 15.6. The van der Waals surface area contributed by atoms with E-state index in [1.165, 1.54) is 0 Å². The fourth-order valence-electron chi connectivity index (χ4n) is 1.52. The van der Waals surface area contributed by atoms with Crippen LogP contribution in [0, 0.1) is 10.5 Å². The number of methoxy groups -OCH3 is 1. The number of aryl methyl sites for hydroxylation is 1. The van der Waals surface area contributed by atoms with Gasteiger partial charge in [0.15, 0.2) is 0 Å². The topological polar surface area (TPSA) is 88.1 Å². The molecular weight excluding hydrogens is 405 g/mol. The Balaban J connectivity index is 2.29. The van der Waals surface area contributed by atoms with Crippen molar-refractivity contribution in [3.63, 3.8) is 0 Å². The minimum atomic E-state index is -1.02. The second-order valence-corrected chi connectivity index (χ2v) is 6.18. The monoisotopic (exact) mass is 417 g/mol. The molecule has 1 heterocycles. The number of carbonyl (C=O) groups is 1. The van der Waals surface area contributed by atoms with Gasteiger partial charge in [0.05, 0.1) is 10.7 Å². The molecular formula is C13H12IN3O3S. The smallest absolute Gasteiger partial charge is 0.342 e. The van der Waals surface area contributed by atoms with E-state index in [1.54, 1.807) is 32.2 Å². The SMILES string of the molecule is COc1ccc(/C=C(\Sc2n[nH]c(C)n2)C(=O)O)cc1I. The number of nitrogens with zero attached hydrogens (tertiary/aromatic N) is 2. The first kappa shape index (κ1) is 15.8. The fourth-order valence-corrected chi connectivity index (χ4v) is 3.04. The molecule has 0 aliphatic rings. The van der Waals surface area contributed by atoms with Gasteiger partial charge >= 0.3 is 5.97 Å². The predicted octanol–water partition coefficient (Wildman–Crippen LogP) is 2.94. The van der Waals surface area contributed by atoms with E-state index in [4.69, 9.17) is 4.74 Å². The summed E-state index contributed by atoms with van der Waals surface area (Å²) in [6.07, 6.45) is 1.58. The summed E-state index contributed by atoms with van der Waals surface area (Å²) in [5, 5.41) is 16.3. The van der Waals surface area contributed by atoms with Crippen LogP contribution in [0.15, 0.2) is 28.3 Å². The van der Waals surface area contributed by atoms with E-state index < -0.39 is 5.97 Å². The van der Waals surface area contributed by atoms with E-state index in [9.17, 15) is 9.90 Å². The highest BCUT2D eigenvalue weighted by molar-refractivity contribution is 14.1. The van der Waals surface area contributed by atoms with Crippen LogP contribution in [0.2, 0.25) is 0 Å². The zero-order valence-electron chi connectivity index (χ0n) is 11.3. The number of hydrogen-bond acceptors (Lipinski definition) is 5. The summed E-state index contributed by atoms with van der Waals surface area (Å²) < 4.78 is 6.09. The predicted molar refractivity (Wildman–Crippen MR) is 88.3 cm³/mol. The molecule has 0 aliphatic heterocycles. The highest BCUT2D eigenvalue weighted by Crippen LogP contribution is 2.28. The van der Waals surface area contributed by atoms with E-state index in [0.29, 0.717) is 11.0 Å². The molecule has 2 aromatic rings. The van der Waals surface area contributed by atoms with Crippen LogP contribution in [0.3, 0.4) is 0 Å². The average Bonchev–Trinajstić information content (AvgIpc) is 2.83. The molecule has 0 bridgehead atoms. The molecule has 0 unspecified atom stereocenters. The van der Waals surface area contributed by atoms with Crippen molar-refractivity contribution in [2.75, 3.05) is 7.11 Å². The molecule has 0 saturated heterocycles. The van der Waals surface area contributed by atoms with Crippen LogP contribution >= 0.6 is 34.4 Å². The Hall–Kier alpha value is -1.55. The summed E-state index contributed by atoms with van der Waals surface area (Å²) in [6, 6.07) is 5.45. The van der Waals surface area contributed by atoms with E-state index >= 15 is 0 Å². The Labute approximate surface area is 139 Å². The van der Waals surface area contributed by atoms with Crippen molar-refractivity contribution in [1.29, 1.82) is 0 Å². The number of rotatable bonds is 5. The number of aromatic nitrogens is 3. The molecule has 1 aromatic heterocycles. The summed E-state index contributed by atoms with van der Waals surface area (Å²) in [6.45, 7) is 1.76. The molecule has 110 valence electrons. The van der Waals surface area contributed by atoms with Gasteiger partial charge in [0.1, 0.15) is 16.5 Å². The third kappa shape index (κ3) is 4.21. The number of hydrogen-bond donors (Lipinski definition) is 2. The largest absolute Gasteiger partial charge is 0.496 e. The van der Waals surface area contributed by atoms with Crippen molar-refractivity contribution in [3.05, 3.63) is 38.1 Å². The van der Waals surface area contributed by atoms with Gasteiger partial charge in [-0.3, -0.25) is 5.10 Å². The van der Waals surface area contributed by atoms with Gasteiger partial charge in [-0.05, 0) is 65.0 Å². The Kier molecular flexibility index (Phi) is 5.23. The quantitative estimate of drug-likeness (QED) is 0.442. The number of aliphatic carboxylic acids is 1. The van der Waals surface area contributed by atoms with Gasteiger partial charge < -0.3 is 9.84 Å². The van der Waals surface area contributed by atoms with Crippen LogP contribution in [0.5, 0.6) is 5.75 Å². The van der Waals surface area contributed by atoms with Gasteiger partial charge in [-0.1, -0.05) is 6.07 Å². The molecule has 2 N–H and O–H groups in total. The maximum absolute atomic E-state index is 11.3. The zero-order valence-corrected chi connectivity index (χ0v) is 14.2. The van der Waals surface area contributed by atoms with Crippen LogP contribution in [-0.2, 0) is 4.79 Å². The first-order valence-corrected chi connectivity index (χ1v) is 7.74. The molecule has 0 aliphatic carbocycles. The number of thioether (sulfide) groups is 1. The second-order valence-electron chi connectivity index (χ2n) is 4.01. The summed E-state index contributed by atoms with van der Waals surface area (Å²) >= 11 is 3.14. The number of aromatic amines is 1. The van der Waals surface area contributed by atoms with Gasteiger partial charge in [-0.15, -0.1) is 5.10 Å². The Morgan fingerprint density at radius 1 is 1.52 bits per heavy atom. The Bertz CT molecular complexity index is 700. The third-order valence-corrected chi connectivity index (χ3v) is 4.18. The van der Waals surface area contributed by atoms with Gasteiger partial charge in [-0.25, -0.2) is 9.78 Å². The molecule has 21 heavy (non-hydrogen) atoms. The number of H-pyrrole nitrogens is 1. The van der Waals surface area contributed by atoms with Crippen LogP contribution in [0.25, 0.3) is 6.08 Å². The highest BCUT2D eigenvalue weighted by Gasteiger charge is 2.13. The average molecular weight is 417 g/mol. The number of halogens is 1. The van der Waals surface area contributed by atoms with Crippen LogP contribution < -0.4 is 4.74 Å². The molecule has 6 nitrogen and oxygen atoms in total. The van der Waals surface area contributed by atoms with Crippen LogP contribution in [-0.4, -0.2) is 33.4 Å². The molecule has 8 heteroatoms. The van der Waals surface area contributed by atoms with Crippen molar-refractivity contribution >= 4 is 46.4 Å². The maximum Gasteiger partial charge on any atom is 0.342 e. The molecule has 0 saturated carbocycles. The number of benzene rings is 1.